The van der Waals surface area contributed by atoms with Crippen molar-refractivity contribution in [1.82, 2.24) is 23.6 Å². The predicted octanol–water partition coefficient (Wildman–Crippen LogP) is 2.49. The number of piperidine rings is 1. The molecule has 0 bridgehead atoms. The molecular weight excluding hydrogens is 426 g/mol. The lowest BCUT2D eigenvalue weighted by Gasteiger charge is -2.31. The van der Waals surface area contributed by atoms with Crippen molar-refractivity contribution < 1.29 is 13.2 Å². The van der Waals surface area contributed by atoms with Gasteiger partial charge in [0.1, 0.15) is 5.82 Å². The van der Waals surface area contributed by atoms with E-state index in [0.717, 1.165) is 28.3 Å². The molecule has 1 aromatic carbocycles. The first-order valence-electron chi connectivity index (χ1n) is 10.9. The second-order valence-corrected chi connectivity index (χ2v) is 10.7. The van der Waals surface area contributed by atoms with Crippen molar-refractivity contribution >= 4 is 15.9 Å². The largest absolute Gasteiger partial charge is 0.332 e. The van der Waals surface area contributed by atoms with Crippen molar-refractivity contribution in [1.29, 1.82) is 0 Å². The summed E-state index contributed by atoms with van der Waals surface area (Å²) in [4.78, 5) is 15.1. The maximum Gasteiger partial charge on any atom is 0.226 e. The summed E-state index contributed by atoms with van der Waals surface area (Å²) in [5, 5.41) is 4.89. The molecule has 5 rings (SSSR count). The molecule has 0 N–H and O–H groups in total. The average molecular weight is 454 g/mol. The Morgan fingerprint density at radius 1 is 1.06 bits per heavy atom. The van der Waals surface area contributed by atoms with Crippen molar-refractivity contribution in [3.8, 4) is 11.5 Å². The topological polar surface area (TPSA) is 80.4 Å². The van der Waals surface area contributed by atoms with E-state index in [4.69, 9.17) is 5.10 Å². The molecule has 2 aromatic heterocycles. The second kappa shape index (κ2) is 7.90. The van der Waals surface area contributed by atoms with Gasteiger partial charge >= 0.3 is 0 Å². The van der Waals surface area contributed by atoms with Crippen LogP contribution in [0.15, 0.2) is 48.8 Å². The van der Waals surface area contributed by atoms with Gasteiger partial charge in [-0.25, -0.2) is 17.4 Å². The molecule has 168 valence electrons. The van der Waals surface area contributed by atoms with Crippen LogP contribution in [-0.4, -0.2) is 57.2 Å². The second-order valence-electron chi connectivity index (χ2n) is 8.72. The van der Waals surface area contributed by atoms with Crippen LogP contribution >= 0.6 is 0 Å². The van der Waals surface area contributed by atoms with E-state index in [1.165, 1.54) is 10.6 Å². The molecule has 3 aromatic rings. The first-order valence-corrected chi connectivity index (χ1v) is 12.7. The maximum absolute atomic E-state index is 13.2. The van der Waals surface area contributed by atoms with Crippen molar-refractivity contribution in [2.24, 2.45) is 5.92 Å². The molecule has 1 saturated heterocycles. The maximum atomic E-state index is 13.2. The van der Waals surface area contributed by atoms with Gasteiger partial charge in [-0.3, -0.25) is 4.79 Å². The molecule has 4 heterocycles. The Labute approximate surface area is 188 Å². The normalized spacial score (nSPS) is 17.6. The summed E-state index contributed by atoms with van der Waals surface area (Å²) in [6.07, 6.45) is 6.34. The average Bonchev–Trinajstić information content (AvgIpc) is 3.48. The van der Waals surface area contributed by atoms with E-state index < -0.39 is 10.0 Å². The number of amides is 1. The highest BCUT2D eigenvalue weighted by atomic mass is 32.2. The molecule has 0 unspecified atom stereocenters. The van der Waals surface area contributed by atoms with Gasteiger partial charge in [0.2, 0.25) is 15.9 Å². The van der Waals surface area contributed by atoms with Crippen LogP contribution in [0.3, 0.4) is 0 Å². The minimum Gasteiger partial charge on any atom is -0.332 e. The molecule has 2 aliphatic heterocycles. The van der Waals surface area contributed by atoms with Gasteiger partial charge in [-0.2, -0.15) is 5.10 Å². The fourth-order valence-corrected chi connectivity index (χ4v) is 5.61. The summed E-state index contributed by atoms with van der Waals surface area (Å²) in [6, 6.07) is 12.2. The molecule has 8 nitrogen and oxygen atoms in total. The first kappa shape index (κ1) is 21.0. The van der Waals surface area contributed by atoms with Gasteiger partial charge in [0.15, 0.2) is 0 Å². The molecule has 1 amide bonds. The molecule has 0 radical (unpaired) electrons. The molecule has 32 heavy (non-hydrogen) atoms. The van der Waals surface area contributed by atoms with Gasteiger partial charge in [-0.05, 0) is 49.6 Å². The summed E-state index contributed by atoms with van der Waals surface area (Å²) in [5.74, 6) is 0.908. The van der Waals surface area contributed by atoms with Crippen LogP contribution in [0.5, 0.6) is 0 Å². The highest BCUT2D eigenvalue weighted by molar-refractivity contribution is 7.88. The Bertz CT molecular complexity index is 1250. The Morgan fingerprint density at radius 3 is 2.44 bits per heavy atom. The lowest BCUT2D eigenvalue weighted by atomic mass is 9.96. The van der Waals surface area contributed by atoms with E-state index in [1.54, 1.807) is 0 Å². The molecule has 0 spiro atoms. The van der Waals surface area contributed by atoms with E-state index in [-0.39, 0.29) is 11.8 Å². The monoisotopic (exact) mass is 453 g/mol. The number of sulfonamides is 1. The number of benzene rings is 1. The summed E-state index contributed by atoms with van der Waals surface area (Å²) >= 11 is 0. The smallest absolute Gasteiger partial charge is 0.226 e. The molecule has 0 atom stereocenters. The number of rotatable bonds is 4. The van der Waals surface area contributed by atoms with E-state index in [1.807, 2.05) is 50.8 Å². The fraction of sp³-hybridized carbons (Fsp3) is 0.391. The van der Waals surface area contributed by atoms with Gasteiger partial charge < -0.3 is 9.47 Å². The van der Waals surface area contributed by atoms with Crippen molar-refractivity contribution in [3.63, 3.8) is 0 Å². The van der Waals surface area contributed by atoms with Gasteiger partial charge in [-0.1, -0.05) is 12.1 Å². The lowest BCUT2D eigenvalue weighted by molar-refractivity contribution is -0.137. The van der Waals surface area contributed by atoms with Crippen molar-refractivity contribution in [3.05, 3.63) is 65.6 Å². The van der Waals surface area contributed by atoms with Crippen LogP contribution in [0.25, 0.3) is 11.5 Å². The molecular formula is C23H27N5O3S. The Hall–Kier alpha value is -2.91. The number of carbonyl (C=O) groups is 1. The fourth-order valence-electron chi connectivity index (χ4n) is 4.73. The first-order chi connectivity index (χ1) is 15.3. The van der Waals surface area contributed by atoms with Crippen LogP contribution in [0.2, 0.25) is 0 Å². The summed E-state index contributed by atoms with van der Waals surface area (Å²) < 4.78 is 29.0. The SMILES string of the molecule is Cc1cccc(-n2nc3c(c2-n2cccc2)CN(C(=O)C2CCN(S(C)(=O)=O)CC2)C3)c1. The predicted molar refractivity (Wildman–Crippen MR) is 121 cm³/mol. The third kappa shape index (κ3) is 3.75. The van der Waals surface area contributed by atoms with E-state index in [9.17, 15) is 13.2 Å². The number of nitrogens with zero attached hydrogens (tertiary/aromatic N) is 5. The number of carbonyl (C=O) groups excluding carboxylic acids is 1. The molecule has 0 aliphatic carbocycles. The molecule has 0 saturated carbocycles. The van der Waals surface area contributed by atoms with Gasteiger partial charge in [-0.15, -0.1) is 0 Å². The Balaban J connectivity index is 1.40. The Morgan fingerprint density at radius 2 is 1.78 bits per heavy atom. The van der Waals surface area contributed by atoms with E-state index in [2.05, 4.69) is 19.1 Å². The van der Waals surface area contributed by atoms with Crippen molar-refractivity contribution in [2.75, 3.05) is 19.3 Å². The minimum absolute atomic E-state index is 0.0942. The standard InChI is InChI=1S/C23H27N5O3S/c1-17-6-5-7-19(14-17)28-22(25-10-3-4-11-25)20-15-26(16-21(20)24-28)23(29)18-8-12-27(13-9-18)32(2,30)31/h3-7,10-11,14,18H,8-9,12-13,15-16H2,1-2H3. The minimum atomic E-state index is -3.20. The number of fused-ring (bicyclic) bond motifs is 1. The third-order valence-corrected chi connectivity index (χ3v) is 7.71. The molecule has 9 heteroatoms. The quantitative estimate of drug-likeness (QED) is 0.608. The summed E-state index contributed by atoms with van der Waals surface area (Å²) in [7, 11) is -3.20. The lowest BCUT2D eigenvalue weighted by Crippen LogP contribution is -2.42. The van der Waals surface area contributed by atoms with Gasteiger partial charge in [0, 0.05) is 37.0 Å². The van der Waals surface area contributed by atoms with Crippen LogP contribution in [0.1, 0.15) is 29.7 Å². The van der Waals surface area contributed by atoms with Gasteiger partial charge in [0.25, 0.3) is 0 Å². The zero-order chi connectivity index (χ0) is 22.5. The summed E-state index contributed by atoms with van der Waals surface area (Å²) in [5.41, 5.74) is 4.13. The highest BCUT2D eigenvalue weighted by Crippen LogP contribution is 2.33. The van der Waals surface area contributed by atoms with Gasteiger partial charge in [0.05, 0.1) is 30.7 Å². The zero-order valence-corrected chi connectivity index (χ0v) is 19.1. The zero-order valence-electron chi connectivity index (χ0n) is 18.3. The number of hydrogen-bond acceptors (Lipinski definition) is 4. The van der Waals surface area contributed by atoms with Crippen LogP contribution in [0.4, 0.5) is 0 Å². The number of aromatic nitrogens is 3. The van der Waals surface area contributed by atoms with Crippen molar-refractivity contribution in [2.45, 2.75) is 32.9 Å². The molecule has 1 fully saturated rings. The van der Waals surface area contributed by atoms with Crippen LogP contribution in [0, 0.1) is 12.8 Å². The number of aryl methyl sites for hydroxylation is 1. The molecule has 2 aliphatic rings. The van der Waals surface area contributed by atoms with Crippen LogP contribution < -0.4 is 0 Å². The third-order valence-electron chi connectivity index (χ3n) is 6.41. The highest BCUT2D eigenvalue weighted by Gasteiger charge is 2.36. The van der Waals surface area contributed by atoms with Crippen LogP contribution in [-0.2, 0) is 27.9 Å². The van der Waals surface area contributed by atoms with E-state index >= 15 is 0 Å². The Kier molecular flexibility index (Phi) is 5.17. The van der Waals surface area contributed by atoms with E-state index in [0.29, 0.717) is 39.0 Å². The number of hydrogen-bond donors (Lipinski definition) is 0. The summed E-state index contributed by atoms with van der Waals surface area (Å²) in [6.45, 7) is 3.86.